The first-order valence-electron chi connectivity index (χ1n) is 8.70. The second-order valence-corrected chi connectivity index (χ2v) is 6.32. The van der Waals surface area contributed by atoms with E-state index < -0.39 is 17.2 Å². The van der Waals surface area contributed by atoms with Crippen molar-refractivity contribution >= 4 is 29.0 Å². The zero-order valence-corrected chi connectivity index (χ0v) is 16.1. The topological polar surface area (TPSA) is 110 Å². The van der Waals surface area contributed by atoms with Crippen LogP contribution in [0.25, 0.3) is 0 Å². The lowest BCUT2D eigenvalue weighted by Crippen LogP contribution is -2.42. The number of ether oxygens (including phenoxy) is 1. The van der Waals surface area contributed by atoms with Gasteiger partial charge in [0.05, 0.1) is 0 Å². The summed E-state index contributed by atoms with van der Waals surface area (Å²) < 4.78 is 6.73. The Hall–Kier alpha value is -2.74. The largest absolute Gasteiger partial charge is 0.484 e. The van der Waals surface area contributed by atoms with E-state index in [9.17, 15) is 14.4 Å². The highest BCUT2D eigenvalue weighted by Gasteiger charge is 2.23. The summed E-state index contributed by atoms with van der Waals surface area (Å²) in [5.41, 5.74) is 4.71. The van der Waals surface area contributed by atoms with Crippen LogP contribution in [0.5, 0.6) is 5.75 Å². The Morgan fingerprint density at radius 2 is 2.07 bits per heavy atom. The number of nitrogens with one attached hydrogen (secondary N) is 1. The van der Waals surface area contributed by atoms with Crippen molar-refractivity contribution in [3.8, 4) is 5.75 Å². The number of unbranched alkanes of at least 4 members (excludes halogenated alkanes) is 1. The molecule has 8 nitrogen and oxygen atoms in total. The number of carbonyl (C=O) groups excluding carboxylic acids is 1. The van der Waals surface area contributed by atoms with Crippen molar-refractivity contribution in [3.63, 3.8) is 0 Å². The van der Waals surface area contributed by atoms with Gasteiger partial charge in [0, 0.05) is 18.1 Å². The van der Waals surface area contributed by atoms with Crippen molar-refractivity contribution in [2.75, 3.05) is 23.8 Å². The van der Waals surface area contributed by atoms with Gasteiger partial charge in [0.1, 0.15) is 11.6 Å². The molecule has 2 aromatic rings. The highest BCUT2D eigenvalue weighted by atomic mass is 35.5. The Balaban J connectivity index is 2.29. The lowest BCUT2D eigenvalue weighted by molar-refractivity contribution is -0.120. The molecule has 1 aromatic carbocycles. The molecule has 2 rings (SSSR count). The van der Waals surface area contributed by atoms with Crippen LogP contribution >= 0.6 is 11.6 Å². The Morgan fingerprint density at radius 3 is 2.70 bits per heavy atom. The van der Waals surface area contributed by atoms with E-state index >= 15 is 0 Å². The number of anilines is 2. The number of nitrogen functional groups attached to an aromatic ring is 1. The van der Waals surface area contributed by atoms with Crippen LogP contribution in [-0.4, -0.2) is 28.6 Å². The molecule has 0 saturated heterocycles. The van der Waals surface area contributed by atoms with E-state index in [1.165, 1.54) is 9.47 Å². The second kappa shape index (κ2) is 9.27. The molecule has 0 radical (unpaired) electrons. The van der Waals surface area contributed by atoms with Gasteiger partial charge in [-0.3, -0.25) is 19.1 Å². The molecular formula is C18H23ClN4O4. The van der Waals surface area contributed by atoms with Crippen molar-refractivity contribution in [1.82, 2.24) is 9.55 Å². The first kappa shape index (κ1) is 20.6. The minimum atomic E-state index is -0.705. The molecule has 0 aliphatic carbocycles. The first-order valence-corrected chi connectivity index (χ1v) is 9.08. The fraction of sp³-hybridized carbons (Fsp3) is 0.389. The maximum Gasteiger partial charge on any atom is 0.330 e. The summed E-state index contributed by atoms with van der Waals surface area (Å²) in [5.74, 6) is -0.0628. The van der Waals surface area contributed by atoms with Crippen molar-refractivity contribution in [1.29, 1.82) is 0 Å². The van der Waals surface area contributed by atoms with E-state index in [2.05, 4.69) is 4.98 Å². The number of H-pyrrole nitrogens is 1. The van der Waals surface area contributed by atoms with Crippen LogP contribution in [0.15, 0.2) is 33.9 Å². The molecule has 0 spiro atoms. The zero-order valence-electron chi connectivity index (χ0n) is 15.3. The van der Waals surface area contributed by atoms with Gasteiger partial charge in [-0.1, -0.05) is 31.0 Å². The maximum absolute atomic E-state index is 12.6. The molecule has 0 atom stereocenters. The Labute approximate surface area is 161 Å². The molecule has 1 heterocycles. The predicted octanol–water partition coefficient (Wildman–Crippen LogP) is 2.00. The second-order valence-electron chi connectivity index (χ2n) is 5.88. The molecule has 27 heavy (non-hydrogen) atoms. The van der Waals surface area contributed by atoms with E-state index in [4.69, 9.17) is 22.1 Å². The van der Waals surface area contributed by atoms with E-state index in [1.807, 2.05) is 6.92 Å². The summed E-state index contributed by atoms with van der Waals surface area (Å²) >= 11 is 5.89. The molecule has 0 bridgehead atoms. The summed E-state index contributed by atoms with van der Waals surface area (Å²) in [6.07, 6.45) is 1.57. The van der Waals surface area contributed by atoms with E-state index in [1.54, 1.807) is 31.2 Å². The Bertz CT molecular complexity index is 922. The molecule has 3 N–H and O–H groups in total. The van der Waals surface area contributed by atoms with Gasteiger partial charge < -0.3 is 15.4 Å². The summed E-state index contributed by atoms with van der Waals surface area (Å²) in [7, 11) is 0. The summed E-state index contributed by atoms with van der Waals surface area (Å²) in [6.45, 7) is 3.92. The van der Waals surface area contributed by atoms with Crippen molar-refractivity contribution in [2.45, 2.75) is 33.2 Å². The third-order valence-corrected chi connectivity index (χ3v) is 4.23. The molecule has 146 valence electrons. The van der Waals surface area contributed by atoms with Crippen LogP contribution < -0.4 is 26.6 Å². The molecule has 0 unspecified atom stereocenters. The average Bonchev–Trinajstić information content (AvgIpc) is 2.63. The van der Waals surface area contributed by atoms with Crippen molar-refractivity contribution in [3.05, 3.63) is 50.1 Å². The Kier molecular flexibility index (Phi) is 7.06. The van der Waals surface area contributed by atoms with Gasteiger partial charge in [-0.05, 0) is 31.5 Å². The number of halogens is 1. The predicted molar refractivity (Wildman–Crippen MR) is 106 cm³/mol. The normalized spacial score (nSPS) is 10.6. The number of aromatic amines is 1. The van der Waals surface area contributed by atoms with Gasteiger partial charge in [0.15, 0.2) is 12.3 Å². The quantitative estimate of drug-likeness (QED) is 0.711. The maximum atomic E-state index is 12.6. The first-order chi connectivity index (χ1) is 12.9. The van der Waals surface area contributed by atoms with Gasteiger partial charge in [-0.25, -0.2) is 4.79 Å². The smallest absolute Gasteiger partial charge is 0.330 e. The highest BCUT2D eigenvalue weighted by molar-refractivity contribution is 6.30. The van der Waals surface area contributed by atoms with Gasteiger partial charge in [-0.15, -0.1) is 0 Å². The number of nitrogens with zero attached hydrogens (tertiary/aromatic N) is 2. The number of aromatic nitrogens is 2. The highest BCUT2D eigenvalue weighted by Crippen LogP contribution is 2.19. The van der Waals surface area contributed by atoms with Crippen molar-refractivity contribution < 1.29 is 9.53 Å². The molecule has 0 aliphatic rings. The van der Waals surface area contributed by atoms with Crippen molar-refractivity contribution in [2.24, 2.45) is 0 Å². The number of carbonyl (C=O) groups is 1. The number of nitrogens with two attached hydrogens (primary N) is 1. The number of likely N-dealkylation sites (N-methyl/N-ethyl adjacent to an activating group) is 1. The third-order valence-electron chi connectivity index (χ3n) is 3.99. The molecular weight excluding hydrogens is 372 g/mol. The zero-order chi connectivity index (χ0) is 20.0. The van der Waals surface area contributed by atoms with Crippen LogP contribution in [-0.2, 0) is 11.3 Å². The third kappa shape index (κ3) is 4.91. The summed E-state index contributed by atoms with van der Waals surface area (Å²) in [4.78, 5) is 40.4. The number of hydrogen-bond donors (Lipinski definition) is 2. The summed E-state index contributed by atoms with van der Waals surface area (Å²) in [6, 6.07) is 6.64. The van der Waals surface area contributed by atoms with E-state index in [-0.39, 0.29) is 24.7 Å². The van der Waals surface area contributed by atoms with Gasteiger partial charge >= 0.3 is 5.69 Å². The van der Waals surface area contributed by atoms with E-state index in [0.717, 1.165) is 6.42 Å². The molecule has 0 fully saturated rings. The SMILES string of the molecule is CCCCn1c(N)c(N(CC)C(=O)COc2cccc(Cl)c2)c(=O)[nH]c1=O. The number of amides is 1. The monoisotopic (exact) mass is 394 g/mol. The lowest BCUT2D eigenvalue weighted by atomic mass is 10.3. The minimum Gasteiger partial charge on any atom is -0.484 e. The lowest BCUT2D eigenvalue weighted by Gasteiger charge is -2.23. The number of benzene rings is 1. The van der Waals surface area contributed by atoms with Gasteiger partial charge in [0.25, 0.3) is 11.5 Å². The summed E-state index contributed by atoms with van der Waals surface area (Å²) in [5, 5.41) is 0.482. The van der Waals surface area contributed by atoms with Crippen LogP contribution in [0.2, 0.25) is 5.02 Å². The standard InChI is InChI=1S/C18H23ClN4O4/c1-3-5-9-23-16(20)15(17(25)21-18(23)26)22(4-2)14(24)11-27-13-8-6-7-12(19)10-13/h6-8,10H,3-5,9,11,20H2,1-2H3,(H,21,25,26). The minimum absolute atomic E-state index is 0.0323. The van der Waals surface area contributed by atoms with Crippen LogP contribution in [0.4, 0.5) is 11.5 Å². The number of rotatable bonds is 8. The molecule has 0 aliphatic heterocycles. The fourth-order valence-electron chi connectivity index (χ4n) is 2.62. The average molecular weight is 395 g/mol. The van der Waals surface area contributed by atoms with Crippen LogP contribution in [0, 0.1) is 0 Å². The molecule has 9 heteroatoms. The van der Waals surface area contributed by atoms with E-state index in [0.29, 0.717) is 23.7 Å². The molecule has 0 saturated carbocycles. The van der Waals surface area contributed by atoms with Crippen LogP contribution in [0.1, 0.15) is 26.7 Å². The fourth-order valence-corrected chi connectivity index (χ4v) is 2.80. The van der Waals surface area contributed by atoms with Gasteiger partial charge in [-0.2, -0.15) is 0 Å². The van der Waals surface area contributed by atoms with Gasteiger partial charge in [0.2, 0.25) is 0 Å². The molecule has 1 aromatic heterocycles. The van der Waals surface area contributed by atoms with Crippen LogP contribution in [0.3, 0.4) is 0 Å². The number of hydrogen-bond acceptors (Lipinski definition) is 5. The molecule has 1 amide bonds. The Morgan fingerprint density at radius 1 is 1.33 bits per heavy atom.